The standard InChI is InChI=1S/C9H16N2O3S/c1-3-9(12)10-7-8-5-4-6-11(8)15(2,13)14/h3,8H,1,4-7H2,2H3,(H,10,12)/t8-/m1/s1. The number of nitrogens with one attached hydrogen (secondary N) is 1. The molecule has 1 atom stereocenters. The highest BCUT2D eigenvalue weighted by Crippen LogP contribution is 2.19. The molecule has 0 unspecified atom stereocenters. The number of hydrogen-bond acceptors (Lipinski definition) is 3. The Hall–Kier alpha value is -0.880. The second-order valence-corrected chi connectivity index (χ2v) is 5.55. The minimum atomic E-state index is -3.15. The summed E-state index contributed by atoms with van der Waals surface area (Å²) in [6.45, 7) is 4.24. The molecule has 1 N–H and O–H groups in total. The molecule has 0 radical (unpaired) electrons. The van der Waals surface area contributed by atoms with Crippen LogP contribution in [0.2, 0.25) is 0 Å². The summed E-state index contributed by atoms with van der Waals surface area (Å²) in [4.78, 5) is 10.9. The molecule has 1 saturated heterocycles. The Kier molecular flexibility index (Phi) is 3.87. The molecule has 0 bridgehead atoms. The predicted molar refractivity (Wildman–Crippen MR) is 57.8 cm³/mol. The summed E-state index contributed by atoms with van der Waals surface area (Å²) in [5.74, 6) is -0.268. The van der Waals surface area contributed by atoms with Crippen LogP contribution in [0, 0.1) is 0 Å². The van der Waals surface area contributed by atoms with E-state index < -0.39 is 10.0 Å². The second kappa shape index (κ2) is 4.76. The van der Waals surface area contributed by atoms with E-state index >= 15 is 0 Å². The number of carbonyl (C=O) groups excluding carboxylic acids is 1. The first-order valence-electron chi connectivity index (χ1n) is 4.82. The third-order valence-corrected chi connectivity index (χ3v) is 3.78. The predicted octanol–water partition coefficient (Wildman–Crippen LogP) is -0.287. The number of carbonyl (C=O) groups is 1. The van der Waals surface area contributed by atoms with Crippen LogP contribution in [-0.4, -0.2) is 44.0 Å². The van der Waals surface area contributed by atoms with E-state index in [4.69, 9.17) is 0 Å². The van der Waals surface area contributed by atoms with E-state index in [-0.39, 0.29) is 11.9 Å². The van der Waals surface area contributed by atoms with E-state index in [0.29, 0.717) is 13.1 Å². The van der Waals surface area contributed by atoms with Crippen molar-refractivity contribution in [3.63, 3.8) is 0 Å². The van der Waals surface area contributed by atoms with Gasteiger partial charge in [0, 0.05) is 19.1 Å². The van der Waals surface area contributed by atoms with Gasteiger partial charge in [-0.1, -0.05) is 6.58 Å². The van der Waals surface area contributed by atoms with Crippen molar-refractivity contribution in [3.8, 4) is 0 Å². The monoisotopic (exact) mass is 232 g/mol. The molecule has 1 amide bonds. The average Bonchev–Trinajstić information content (AvgIpc) is 2.61. The molecule has 0 aliphatic carbocycles. The summed E-state index contributed by atoms with van der Waals surface area (Å²) < 4.78 is 24.1. The molecule has 1 fully saturated rings. The van der Waals surface area contributed by atoms with Crippen LogP contribution in [0.4, 0.5) is 0 Å². The van der Waals surface area contributed by atoms with Gasteiger partial charge in [0.25, 0.3) is 0 Å². The Morgan fingerprint density at radius 3 is 2.87 bits per heavy atom. The molecule has 0 aromatic heterocycles. The highest BCUT2D eigenvalue weighted by Gasteiger charge is 2.31. The number of nitrogens with zero attached hydrogens (tertiary/aromatic N) is 1. The first-order chi connectivity index (χ1) is 6.95. The lowest BCUT2D eigenvalue weighted by Crippen LogP contribution is -2.42. The quantitative estimate of drug-likeness (QED) is 0.677. The van der Waals surface area contributed by atoms with Crippen LogP contribution in [0.5, 0.6) is 0 Å². The summed E-state index contributed by atoms with van der Waals surface area (Å²) in [5, 5.41) is 2.61. The molecule has 1 aliphatic heterocycles. The highest BCUT2D eigenvalue weighted by atomic mass is 32.2. The number of hydrogen-bond donors (Lipinski definition) is 1. The SMILES string of the molecule is C=CC(=O)NC[C@H]1CCCN1S(C)(=O)=O. The zero-order valence-electron chi connectivity index (χ0n) is 8.77. The zero-order valence-corrected chi connectivity index (χ0v) is 9.59. The summed E-state index contributed by atoms with van der Waals surface area (Å²) in [6.07, 6.45) is 4.02. The van der Waals surface area contributed by atoms with Gasteiger partial charge < -0.3 is 5.32 Å². The lowest BCUT2D eigenvalue weighted by atomic mass is 10.2. The smallest absolute Gasteiger partial charge is 0.243 e. The van der Waals surface area contributed by atoms with E-state index in [1.165, 1.54) is 16.6 Å². The fraction of sp³-hybridized carbons (Fsp3) is 0.667. The molecular weight excluding hydrogens is 216 g/mol. The first kappa shape index (κ1) is 12.2. The van der Waals surface area contributed by atoms with Gasteiger partial charge in [-0.05, 0) is 18.9 Å². The second-order valence-electron chi connectivity index (χ2n) is 3.62. The molecule has 86 valence electrons. The maximum absolute atomic E-state index is 11.4. The van der Waals surface area contributed by atoms with E-state index in [1.54, 1.807) is 0 Å². The van der Waals surface area contributed by atoms with Crippen molar-refractivity contribution < 1.29 is 13.2 Å². The Bertz CT molecular complexity index is 350. The van der Waals surface area contributed by atoms with Crippen molar-refractivity contribution in [2.75, 3.05) is 19.3 Å². The van der Waals surface area contributed by atoms with Gasteiger partial charge in [-0.3, -0.25) is 4.79 Å². The summed E-state index contributed by atoms with van der Waals surface area (Å²) >= 11 is 0. The van der Waals surface area contributed by atoms with Crippen LogP contribution in [0.15, 0.2) is 12.7 Å². The van der Waals surface area contributed by atoms with Crippen LogP contribution in [-0.2, 0) is 14.8 Å². The molecule has 1 heterocycles. The lowest BCUT2D eigenvalue weighted by molar-refractivity contribution is -0.116. The van der Waals surface area contributed by atoms with Gasteiger partial charge in [-0.2, -0.15) is 4.31 Å². The van der Waals surface area contributed by atoms with E-state index in [9.17, 15) is 13.2 Å². The Morgan fingerprint density at radius 1 is 1.67 bits per heavy atom. The maximum Gasteiger partial charge on any atom is 0.243 e. The van der Waals surface area contributed by atoms with Crippen LogP contribution < -0.4 is 5.32 Å². The van der Waals surface area contributed by atoms with Gasteiger partial charge in [0.15, 0.2) is 0 Å². The van der Waals surface area contributed by atoms with Crippen molar-refractivity contribution in [1.29, 1.82) is 0 Å². The molecule has 15 heavy (non-hydrogen) atoms. The maximum atomic E-state index is 11.4. The molecule has 0 spiro atoms. The average molecular weight is 232 g/mol. The Labute approximate surface area is 90.2 Å². The lowest BCUT2D eigenvalue weighted by Gasteiger charge is -2.21. The van der Waals surface area contributed by atoms with Crippen LogP contribution in [0.1, 0.15) is 12.8 Å². The van der Waals surface area contributed by atoms with Crippen molar-refractivity contribution >= 4 is 15.9 Å². The fourth-order valence-electron chi connectivity index (χ4n) is 1.74. The van der Waals surface area contributed by atoms with Crippen molar-refractivity contribution in [2.24, 2.45) is 0 Å². The van der Waals surface area contributed by atoms with Gasteiger partial charge in [-0.15, -0.1) is 0 Å². The van der Waals surface area contributed by atoms with E-state index in [2.05, 4.69) is 11.9 Å². The summed E-state index contributed by atoms with van der Waals surface area (Å²) in [6, 6.07) is -0.108. The Morgan fingerprint density at radius 2 is 2.33 bits per heavy atom. The van der Waals surface area contributed by atoms with E-state index in [0.717, 1.165) is 12.8 Å². The first-order valence-corrected chi connectivity index (χ1v) is 6.67. The normalized spacial score (nSPS) is 22.6. The summed E-state index contributed by atoms with van der Waals surface area (Å²) in [5.41, 5.74) is 0. The van der Waals surface area contributed by atoms with Crippen LogP contribution in [0.25, 0.3) is 0 Å². The fourth-order valence-corrected chi connectivity index (χ4v) is 2.92. The molecule has 1 aliphatic rings. The van der Waals surface area contributed by atoms with Crippen molar-refractivity contribution in [3.05, 3.63) is 12.7 Å². The molecule has 0 aromatic carbocycles. The topological polar surface area (TPSA) is 66.5 Å². The summed E-state index contributed by atoms with van der Waals surface area (Å²) in [7, 11) is -3.15. The highest BCUT2D eigenvalue weighted by molar-refractivity contribution is 7.88. The largest absolute Gasteiger partial charge is 0.351 e. The third-order valence-electron chi connectivity index (χ3n) is 2.45. The van der Waals surface area contributed by atoms with Gasteiger partial charge in [-0.25, -0.2) is 8.42 Å². The van der Waals surface area contributed by atoms with Crippen LogP contribution in [0.3, 0.4) is 0 Å². The molecule has 6 heteroatoms. The van der Waals surface area contributed by atoms with Gasteiger partial charge in [0.1, 0.15) is 0 Å². The molecule has 0 aromatic rings. The Balaban J connectivity index is 2.55. The zero-order chi connectivity index (χ0) is 11.5. The molecule has 5 nitrogen and oxygen atoms in total. The number of sulfonamides is 1. The molecule has 0 saturated carbocycles. The molecule has 1 rings (SSSR count). The minimum absolute atomic E-state index is 0.108. The number of amides is 1. The third kappa shape index (κ3) is 3.32. The minimum Gasteiger partial charge on any atom is -0.351 e. The van der Waals surface area contributed by atoms with E-state index in [1.807, 2.05) is 0 Å². The van der Waals surface area contributed by atoms with Gasteiger partial charge in [0.05, 0.1) is 6.26 Å². The van der Waals surface area contributed by atoms with Crippen LogP contribution >= 0.6 is 0 Å². The molecular formula is C9H16N2O3S. The van der Waals surface area contributed by atoms with Crippen molar-refractivity contribution in [1.82, 2.24) is 9.62 Å². The van der Waals surface area contributed by atoms with Gasteiger partial charge >= 0.3 is 0 Å². The number of rotatable bonds is 4. The van der Waals surface area contributed by atoms with Crippen molar-refractivity contribution in [2.45, 2.75) is 18.9 Å². The van der Waals surface area contributed by atoms with Gasteiger partial charge in [0.2, 0.25) is 15.9 Å².